The van der Waals surface area contributed by atoms with E-state index >= 15 is 0 Å². The van der Waals surface area contributed by atoms with Crippen LogP contribution < -0.4 is 0 Å². The highest BCUT2D eigenvalue weighted by Crippen LogP contribution is 2.00. The van der Waals surface area contributed by atoms with Crippen LogP contribution in [0.3, 0.4) is 0 Å². The Morgan fingerprint density at radius 3 is 2.15 bits per heavy atom. The van der Waals surface area contributed by atoms with Crippen LogP contribution in [-0.2, 0) is 9.59 Å². The molecule has 4 heteroatoms. The van der Waals surface area contributed by atoms with E-state index in [4.69, 9.17) is 10.2 Å². The first-order chi connectivity index (χ1) is 6.09. The summed E-state index contributed by atoms with van der Waals surface area (Å²) in [6.07, 6.45) is 6.85. The van der Waals surface area contributed by atoms with E-state index in [0.29, 0.717) is 6.42 Å². The summed E-state index contributed by atoms with van der Waals surface area (Å²) >= 11 is 0. The van der Waals surface area contributed by atoms with Crippen molar-refractivity contribution in [1.82, 2.24) is 0 Å². The van der Waals surface area contributed by atoms with E-state index in [2.05, 4.69) is 0 Å². The lowest BCUT2D eigenvalue weighted by molar-refractivity contribution is -0.151. The van der Waals surface area contributed by atoms with Crippen LogP contribution in [0.15, 0.2) is 24.3 Å². The van der Waals surface area contributed by atoms with Crippen molar-refractivity contribution in [2.24, 2.45) is 5.92 Å². The molecule has 0 aliphatic carbocycles. The Kier molecular flexibility index (Phi) is 5.27. The second-order valence-electron chi connectivity index (χ2n) is 2.39. The van der Waals surface area contributed by atoms with Gasteiger partial charge < -0.3 is 10.2 Å². The molecule has 0 aliphatic heterocycles. The van der Waals surface area contributed by atoms with Crippen LogP contribution in [0, 0.1) is 5.92 Å². The monoisotopic (exact) mass is 184 g/mol. The SMILES string of the molecule is CC=CCC=CC(C(=O)O)C(=O)O. The standard InChI is InChI=1S/C9H12O4/c1-2-3-4-5-6-7(8(10)11)9(12)13/h2-3,5-7H,4H2,1H3,(H,10,11)(H,12,13). The van der Waals surface area contributed by atoms with Crippen LogP contribution in [0.25, 0.3) is 0 Å². The number of aliphatic carboxylic acids is 2. The molecule has 2 N–H and O–H groups in total. The second kappa shape index (κ2) is 5.99. The van der Waals surface area contributed by atoms with Gasteiger partial charge in [0.1, 0.15) is 0 Å². The molecule has 0 heterocycles. The summed E-state index contributed by atoms with van der Waals surface area (Å²) in [6, 6.07) is 0. The van der Waals surface area contributed by atoms with Crippen molar-refractivity contribution in [3.63, 3.8) is 0 Å². The highest BCUT2D eigenvalue weighted by atomic mass is 16.4. The van der Waals surface area contributed by atoms with Gasteiger partial charge in [0, 0.05) is 0 Å². The highest BCUT2D eigenvalue weighted by Gasteiger charge is 2.21. The van der Waals surface area contributed by atoms with Gasteiger partial charge in [0.2, 0.25) is 0 Å². The molecule has 0 unspecified atom stereocenters. The van der Waals surface area contributed by atoms with E-state index in [1.807, 2.05) is 6.92 Å². The maximum atomic E-state index is 10.4. The van der Waals surface area contributed by atoms with Crippen LogP contribution in [0.4, 0.5) is 0 Å². The number of hydrogen-bond donors (Lipinski definition) is 2. The van der Waals surface area contributed by atoms with Gasteiger partial charge in [0.25, 0.3) is 0 Å². The molecule has 0 aromatic carbocycles. The summed E-state index contributed by atoms with van der Waals surface area (Å²) in [5, 5.41) is 16.9. The van der Waals surface area contributed by atoms with E-state index < -0.39 is 17.9 Å². The molecule has 0 aromatic heterocycles. The number of carbonyl (C=O) groups is 2. The van der Waals surface area contributed by atoms with Crippen molar-refractivity contribution in [2.45, 2.75) is 13.3 Å². The Morgan fingerprint density at radius 1 is 1.23 bits per heavy atom. The molecule has 0 aromatic rings. The van der Waals surface area contributed by atoms with Crippen LogP contribution >= 0.6 is 0 Å². The van der Waals surface area contributed by atoms with Crippen LogP contribution in [0.1, 0.15) is 13.3 Å². The molecule has 0 atom stereocenters. The van der Waals surface area contributed by atoms with Crippen molar-refractivity contribution >= 4 is 11.9 Å². The molecule has 0 rings (SSSR count). The van der Waals surface area contributed by atoms with Crippen molar-refractivity contribution in [1.29, 1.82) is 0 Å². The molecular formula is C9H12O4. The predicted molar refractivity (Wildman–Crippen MR) is 47.3 cm³/mol. The van der Waals surface area contributed by atoms with E-state index in [0.717, 1.165) is 0 Å². The number of carboxylic acid groups (broad SMARTS) is 2. The molecule has 13 heavy (non-hydrogen) atoms. The Labute approximate surface area is 76.2 Å². The molecule has 0 amide bonds. The normalized spacial score (nSPS) is 11.5. The number of rotatable bonds is 5. The number of allylic oxidation sites excluding steroid dienone is 3. The lowest BCUT2D eigenvalue weighted by atomic mass is 10.1. The van der Waals surface area contributed by atoms with E-state index in [-0.39, 0.29) is 0 Å². The Morgan fingerprint density at radius 2 is 1.77 bits per heavy atom. The third-order valence-corrected chi connectivity index (χ3v) is 1.37. The molecule has 0 bridgehead atoms. The van der Waals surface area contributed by atoms with Crippen molar-refractivity contribution < 1.29 is 19.8 Å². The highest BCUT2D eigenvalue weighted by molar-refractivity contribution is 5.94. The summed E-state index contributed by atoms with van der Waals surface area (Å²) in [6.45, 7) is 1.83. The fourth-order valence-electron chi connectivity index (χ4n) is 0.700. The van der Waals surface area contributed by atoms with Gasteiger partial charge in [-0.1, -0.05) is 24.3 Å². The average Bonchev–Trinajstić information content (AvgIpc) is 2.02. The van der Waals surface area contributed by atoms with Gasteiger partial charge in [-0.15, -0.1) is 0 Å². The molecule has 0 aliphatic rings. The molecule has 72 valence electrons. The smallest absolute Gasteiger partial charge is 0.321 e. The largest absolute Gasteiger partial charge is 0.480 e. The van der Waals surface area contributed by atoms with Gasteiger partial charge in [-0.05, 0) is 13.3 Å². The molecular weight excluding hydrogens is 172 g/mol. The van der Waals surface area contributed by atoms with E-state index in [9.17, 15) is 9.59 Å². The number of carboxylic acids is 2. The third-order valence-electron chi connectivity index (χ3n) is 1.37. The zero-order chi connectivity index (χ0) is 10.3. The lowest BCUT2D eigenvalue weighted by Crippen LogP contribution is -2.20. The van der Waals surface area contributed by atoms with Gasteiger partial charge in [0.05, 0.1) is 0 Å². The quantitative estimate of drug-likeness (QED) is 0.498. The molecule has 0 saturated carbocycles. The Bertz CT molecular complexity index is 226. The first-order valence-corrected chi connectivity index (χ1v) is 3.83. The lowest BCUT2D eigenvalue weighted by Gasteiger charge is -1.98. The summed E-state index contributed by atoms with van der Waals surface area (Å²) in [7, 11) is 0. The van der Waals surface area contributed by atoms with Crippen molar-refractivity contribution in [2.75, 3.05) is 0 Å². The molecule has 0 saturated heterocycles. The summed E-state index contributed by atoms with van der Waals surface area (Å²) in [4.78, 5) is 20.7. The minimum atomic E-state index is -1.44. The summed E-state index contributed by atoms with van der Waals surface area (Å²) in [5.41, 5.74) is 0. The minimum absolute atomic E-state index is 0.549. The first kappa shape index (κ1) is 11.4. The molecule has 0 radical (unpaired) electrons. The van der Waals surface area contributed by atoms with E-state index in [1.165, 1.54) is 12.2 Å². The number of hydrogen-bond acceptors (Lipinski definition) is 2. The zero-order valence-electron chi connectivity index (χ0n) is 7.30. The van der Waals surface area contributed by atoms with Gasteiger partial charge in [-0.25, -0.2) is 0 Å². The predicted octanol–water partition coefficient (Wildman–Crippen LogP) is 1.29. The maximum Gasteiger partial charge on any atom is 0.321 e. The first-order valence-electron chi connectivity index (χ1n) is 3.83. The zero-order valence-corrected chi connectivity index (χ0v) is 7.30. The van der Waals surface area contributed by atoms with Crippen molar-refractivity contribution in [3.8, 4) is 0 Å². The molecule has 0 spiro atoms. The fraction of sp³-hybridized carbons (Fsp3) is 0.333. The van der Waals surface area contributed by atoms with Gasteiger partial charge in [0.15, 0.2) is 5.92 Å². The van der Waals surface area contributed by atoms with Crippen molar-refractivity contribution in [3.05, 3.63) is 24.3 Å². The van der Waals surface area contributed by atoms with Gasteiger partial charge in [-0.3, -0.25) is 9.59 Å². The van der Waals surface area contributed by atoms with Gasteiger partial charge in [-0.2, -0.15) is 0 Å². The van der Waals surface area contributed by atoms with Crippen LogP contribution in [0.5, 0.6) is 0 Å². The van der Waals surface area contributed by atoms with Crippen LogP contribution in [0.2, 0.25) is 0 Å². The Hall–Kier alpha value is -1.58. The van der Waals surface area contributed by atoms with Gasteiger partial charge >= 0.3 is 11.9 Å². The van der Waals surface area contributed by atoms with Crippen LogP contribution in [-0.4, -0.2) is 22.2 Å². The second-order valence-corrected chi connectivity index (χ2v) is 2.39. The summed E-state index contributed by atoms with van der Waals surface area (Å²) < 4.78 is 0. The molecule has 0 fully saturated rings. The Balaban J connectivity index is 4.18. The fourth-order valence-corrected chi connectivity index (χ4v) is 0.700. The average molecular weight is 184 g/mol. The summed E-state index contributed by atoms with van der Waals surface area (Å²) in [5.74, 6) is -4.13. The maximum absolute atomic E-state index is 10.4. The third kappa shape index (κ3) is 4.79. The van der Waals surface area contributed by atoms with E-state index in [1.54, 1.807) is 12.2 Å². The topological polar surface area (TPSA) is 74.6 Å². The molecule has 4 nitrogen and oxygen atoms in total. The minimum Gasteiger partial charge on any atom is -0.480 e.